The van der Waals surface area contributed by atoms with E-state index in [1.54, 1.807) is 13.0 Å². The molecule has 0 bridgehead atoms. The molecule has 0 aliphatic carbocycles. The number of nitrogens with zero attached hydrogens (tertiary/aromatic N) is 3. The summed E-state index contributed by atoms with van der Waals surface area (Å²) in [6, 6.07) is 7.73. The molecular weight excluding hydrogens is 618 g/mol. The Bertz CT molecular complexity index is 1690. The van der Waals surface area contributed by atoms with Gasteiger partial charge in [0.1, 0.15) is 23.1 Å². The predicted molar refractivity (Wildman–Crippen MR) is 142 cm³/mol. The van der Waals surface area contributed by atoms with Gasteiger partial charge in [0, 0.05) is 24.2 Å². The van der Waals surface area contributed by atoms with Gasteiger partial charge in [-0.25, -0.2) is 24.4 Å². The Hall–Kier alpha value is -5.35. The number of carbonyl (C=O) groups is 4. The number of nitrogens with one attached hydrogen (secondary N) is 1. The zero-order chi connectivity index (χ0) is 32.7. The van der Waals surface area contributed by atoms with Crippen LogP contribution in [0.25, 0.3) is 0 Å². The van der Waals surface area contributed by atoms with Crippen LogP contribution in [0.4, 0.5) is 48.3 Å². The van der Waals surface area contributed by atoms with Gasteiger partial charge in [-0.3, -0.25) is 9.59 Å². The number of aryl methyl sites for hydroxylation is 1. The molecule has 2 aliphatic heterocycles. The van der Waals surface area contributed by atoms with Gasteiger partial charge in [0.15, 0.2) is 0 Å². The standard InChI is InChI=1S/C28H20F6N4O7/c1-2-14-12-16(6-8-19(14)43-20-10-11-35-22-18(20)7-9-21(39)36-22)37-23(40)24(44-25(41)27(29,30)31)38(26(37)42)15-4-3-5-17(13-15)45-28(32,33)34/h3-6,8,10-13,24H,2,7,9H2,1H3,(H,35,36,39). The van der Waals surface area contributed by atoms with Gasteiger partial charge < -0.3 is 19.5 Å². The molecule has 0 saturated carbocycles. The van der Waals surface area contributed by atoms with Gasteiger partial charge in [0.2, 0.25) is 5.91 Å². The van der Waals surface area contributed by atoms with Gasteiger partial charge in [-0.05, 0) is 54.8 Å². The summed E-state index contributed by atoms with van der Waals surface area (Å²) in [5.74, 6) is -4.31. The number of rotatable bonds is 7. The van der Waals surface area contributed by atoms with Crippen LogP contribution >= 0.6 is 0 Å². The quantitative estimate of drug-likeness (QED) is 0.201. The Balaban J connectivity index is 1.50. The van der Waals surface area contributed by atoms with Gasteiger partial charge in [-0.2, -0.15) is 13.2 Å². The number of fused-ring (bicyclic) bond motifs is 1. The molecule has 1 saturated heterocycles. The fourth-order valence-corrected chi connectivity index (χ4v) is 4.66. The lowest BCUT2D eigenvalue weighted by atomic mass is 10.1. The monoisotopic (exact) mass is 638 g/mol. The minimum Gasteiger partial charge on any atom is -0.457 e. The van der Waals surface area contributed by atoms with Crippen LogP contribution in [0.2, 0.25) is 0 Å². The van der Waals surface area contributed by atoms with Crippen molar-refractivity contribution in [2.45, 2.75) is 45.0 Å². The van der Waals surface area contributed by atoms with Crippen LogP contribution in [0, 0.1) is 0 Å². The summed E-state index contributed by atoms with van der Waals surface area (Å²) in [7, 11) is 0. The van der Waals surface area contributed by atoms with Crippen LogP contribution in [-0.4, -0.2) is 47.6 Å². The molecular formula is C28H20F6N4O7. The normalized spacial score (nSPS) is 16.8. The van der Waals surface area contributed by atoms with Crippen molar-refractivity contribution in [3.05, 3.63) is 65.9 Å². The zero-order valence-electron chi connectivity index (χ0n) is 22.9. The average Bonchev–Trinajstić information content (AvgIpc) is 3.20. The molecule has 45 heavy (non-hydrogen) atoms. The van der Waals surface area contributed by atoms with Gasteiger partial charge in [-0.1, -0.05) is 13.0 Å². The van der Waals surface area contributed by atoms with Crippen LogP contribution in [0.3, 0.4) is 0 Å². The Morgan fingerprint density at radius 1 is 0.978 bits per heavy atom. The van der Waals surface area contributed by atoms with E-state index in [2.05, 4.69) is 19.8 Å². The third kappa shape index (κ3) is 6.46. The summed E-state index contributed by atoms with van der Waals surface area (Å²) in [6.45, 7) is 1.72. The molecule has 3 heterocycles. The van der Waals surface area contributed by atoms with Gasteiger partial charge in [0.05, 0.1) is 11.4 Å². The molecule has 17 heteroatoms. The third-order valence-corrected chi connectivity index (χ3v) is 6.62. The number of halogens is 6. The molecule has 3 aromatic rings. The molecule has 1 aromatic heterocycles. The first kappa shape index (κ1) is 31.1. The first-order valence-electron chi connectivity index (χ1n) is 13.1. The lowest BCUT2D eigenvalue weighted by molar-refractivity contribution is -0.274. The van der Waals surface area contributed by atoms with Crippen molar-refractivity contribution in [2.24, 2.45) is 0 Å². The smallest absolute Gasteiger partial charge is 0.457 e. The molecule has 4 amide bonds. The first-order valence-corrected chi connectivity index (χ1v) is 13.1. The Kier molecular flexibility index (Phi) is 8.03. The number of carbonyl (C=O) groups excluding carboxylic acids is 4. The van der Waals surface area contributed by atoms with E-state index >= 15 is 0 Å². The molecule has 1 N–H and O–H groups in total. The number of esters is 1. The summed E-state index contributed by atoms with van der Waals surface area (Å²) in [5, 5.41) is 2.64. The highest BCUT2D eigenvalue weighted by Crippen LogP contribution is 2.38. The fourth-order valence-electron chi connectivity index (χ4n) is 4.66. The second-order valence-corrected chi connectivity index (χ2v) is 9.56. The SMILES string of the molecule is CCc1cc(N2C(=O)C(OC(=O)C(F)(F)F)N(c3cccc(OC(F)(F)F)c3)C2=O)ccc1Oc1ccnc2c1CCC(=O)N2. The summed E-state index contributed by atoms with van der Waals surface area (Å²) in [5.41, 5.74) is 0.385. The maximum atomic E-state index is 13.5. The fraction of sp³-hybridized carbons (Fsp3) is 0.250. The Morgan fingerprint density at radius 3 is 2.42 bits per heavy atom. The van der Waals surface area contributed by atoms with Crippen LogP contribution < -0.4 is 24.6 Å². The summed E-state index contributed by atoms with van der Waals surface area (Å²) in [4.78, 5) is 55.2. The minimum absolute atomic E-state index is 0.156. The Labute approximate surface area is 249 Å². The molecule has 236 valence electrons. The lowest BCUT2D eigenvalue weighted by Crippen LogP contribution is -2.42. The number of benzene rings is 2. The van der Waals surface area contributed by atoms with Gasteiger partial charge in [-0.15, -0.1) is 13.2 Å². The highest BCUT2D eigenvalue weighted by molar-refractivity contribution is 6.28. The topological polar surface area (TPSA) is 127 Å². The molecule has 0 spiro atoms. The van der Waals surface area contributed by atoms with Crippen molar-refractivity contribution < 1.29 is 59.7 Å². The summed E-state index contributed by atoms with van der Waals surface area (Å²) in [6.07, 6.45) is -11.0. The number of pyridine rings is 1. The van der Waals surface area contributed by atoms with Gasteiger partial charge in [0.25, 0.3) is 12.1 Å². The van der Waals surface area contributed by atoms with Crippen LogP contribution in [0.15, 0.2) is 54.7 Å². The van der Waals surface area contributed by atoms with E-state index in [0.717, 1.165) is 18.2 Å². The van der Waals surface area contributed by atoms with Gasteiger partial charge >= 0.3 is 24.5 Å². The second kappa shape index (κ2) is 11.6. The van der Waals surface area contributed by atoms with E-state index in [1.807, 2.05) is 0 Å². The first-order chi connectivity index (χ1) is 21.2. The highest BCUT2D eigenvalue weighted by Gasteiger charge is 2.53. The van der Waals surface area contributed by atoms with E-state index in [0.29, 0.717) is 45.0 Å². The molecule has 5 rings (SSSR count). The van der Waals surface area contributed by atoms with Crippen molar-refractivity contribution >= 4 is 41.0 Å². The van der Waals surface area contributed by atoms with Crippen LogP contribution in [-0.2, 0) is 32.0 Å². The van der Waals surface area contributed by atoms with Crippen LogP contribution in [0.1, 0.15) is 24.5 Å². The van der Waals surface area contributed by atoms with Crippen molar-refractivity contribution in [3.8, 4) is 17.2 Å². The van der Waals surface area contributed by atoms with Crippen molar-refractivity contribution in [2.75, 3.05) is 15.1 Å². The number of hydrogen-bond donors (Lipinski definition) is 1. The van der Waals surface area contributed by atoms with Crippen LogP contribution in [0.5, 0.6) is 17.2 Å². The number of hydrogen-bond acceptors (Lipinski definition) is 8. The molecule has 11 nitrogen and oxygen atoms in total. The minimum atomic E-state index is -5.56. The number of urea groups is 1. The van der Waals surface area contributed by atoms with Crippen molar-refractivity contribution in [1.29, 1.82) is 0 Å². The lowest BCUT2D eigenvalue weighted by Gasteiger charge is -2.22. The molecule has 1 fully saturated rings. The van der Waals surface area contributed by atoms with E-state index < -0.39 is 48.1 Å². The summed E-state index contributed by atoms with van der Waals surface area (Å²) >= 11 is 0. The number of anilines is 3. The maximum absolute atomic E-state index is 13.5. The molecule has 1 atom stereocenters. The molecule has 2 aliphatic rings. The third-order valence-electron chi connectivity index (χ3n) is 6.62. The predicted octanol–water partition coefficient (Wildman–Crippen LogP) is 5.62. The van der Waals surface area contributed by atoms with Crippen molar-refractivity contribution in [1.82, 2.24) is 4.98 Å². The number of ether oxygens (including phenoxy) is 3. The number of amides is 4. The highest BCUT2D eigenvalue weighted by atomic mass is 19.4. The summed E-state index contributed by atoms with van der Waals surface area (Å²) < 4.78 is 91.9. The van der Waals surface area contributed by atoms with Crippen molar-refractivity contribution in [3.63, 3.8) is 0 Å². The largest absolute Gasteiger partial charge is 0.573 e. The Morgan fingerprint density at radius 2 is 1.73 bits per heavy atom. The maximum Gasteiger partial charge on any atom is 0.573 e. The average molecular weight is 638 g/mol. The number of alkyl halides is 6. The van der Waals surface area contributed by atoms with E-state index in [9.17, 15) is 45.5 Å². The second-order valence-electron chi connectivity index (χ2n) is 9.56. The van der Waals surface area contributed by atoms with E-state index in [4.69, 9.17) is 4.74 Å². The van der Waals surface area contributed by atoms with E-state index in [-0.39, 0.29) is 30.2 Å². The molecule has 2 aromatic carbocycles. The molecule has 1 unspecified atom stereocenters. The number of aromatic nitrogens is 1. The zero-order valence-corrected chi connectivity index (χ0v) is 22.9. The van der Waals surface area contributed by atoms with E-state index in [1.165, 1.54) is 24.4 Å². The number of imide groups is 1. The molecule has 0 radical (unpaired) electrons.